The molecule has 2 rings (SSSR count). The fourth-order valence-electron chi connectivity index (χ4n) is 3.85. The van der Waals surface area contributed by atoms with Crippen molar-refractivity contribution < 1.29 is 41.0 Å². The summed E-state index contributed by atoms with van der Waals surface area (Å²) in [7, 11) is 0. The minimum Gasteiger partial charge on any atom is -0.483 e. The summed E-state index contributed by atoms with van der Waals surface area (Å²) in [6.07, 6.45) is -8.33. The van der Waals surface area contributed by atoms with Gasteiger partial charge in [0.25, 0.3) is 0 Å². The van der Waals surface area contributed by atoms with Crippen LogP contribution in [0.2, 0.25) is 5.02 Å². The Labute approximate surface area is 192 Å². The lowest BCUT2D eigenvalue weighted by atomic mass is 9.69. The van der Waals surface area contributed by atoms with Crippen molar-refractivity contribution >= 4 is 17.6 Å². The second kappa shape index (κ2) is 9.83. The summed E-state index contributed by atoms with van der Waals surface area (Å²) < 4.78 is 82.0. The number of rotatable bonds is 8. The highest BCUT2D eigenvalue weighted by Gasteiger charge is 2.42. The molecule has 0 amide bonds. The smallest absolute Gasteiger partial charge is 0.422 e. The molecule has 0 aliphatic heterocycles. The number of carboxylic acid groups (broad SMARTS) is 1. The molecule has 0 bridgehead atoms. The first-order chi connectivity index (χ1) is 15.1. The lowest BCUT2D eigenvalue weighted by Gasteiger charge is -2.34. The molecule has 0 aliphatic rings. The summed E-state index contributed by atoms with van der Waals surface area (Å²) in [4.78, 5) is 12.3. The number of aliphatic carboxylic acids is 1. The molecule has 10 heteroatoms. The van der Waals surface area contributed by atoms with E-state index in [0.717, 1.165) is 30.3 Å². The van der Waals surface area contributed by atoms with Crippen LogP contribution in [0.3, 0.4) is 0 Å². The molecule has 0 heterocycles. The molecule has 1 atom stereocenters. The highest BCUT2D eigenvalue weighted by molar-refractivity contribution is 6.34. The molecule has 0 fully saturated rings. The van der Waals surface area contributed by atoms with Gasteiger partial charge in [-0.05, 0) is 48.2 Å². The molecule has 0 saturated carbocycles. The number of ether oxygens (including phenoxy) is 1. The zero-order valence-electron chi connectivity index (χ0n) is 18.1. The van der Waals surface area contributed by atoms with Gasteiger partial charge >= 0.3 is 18.3 Å². The molecular formula is C23H23ClF6O3. The van der Waals surface area contributed by atoms with E-state index in [0.29, 0.717) is 12.8 Å². The summed E-state index contributed by atoms with van der Waals surface area (Å²) in [6, 6.07) is 6.41. The average molecular weight is 497 g/mol. The Morgan fingerprint density at radius 1 is 1.00 bits per heavy atom. The fourth-order valence-corrected chi connectivity index (χ4v) is 4.12. The molecule has 0 saturated heterocycles. The Kier molecular flexibility index (Phi) is 7.99. The lowest BCUT2D eigenvalue weighted by molar-refractivity contribution is -0.153. The first-order valence-corrected chi connectivity index (χ1v) is 10.5. The molecule has 182 valence electrons. The Morgan fingerprint density at radius 3 is 1.97 bits per heavy atom. The van der Waals surface area contributed by atoms with E-state index in [-0.39, 0.29) is 27.6 Å². The maximum absolute atomic E-state index is 12.9. The quantitative estimate of drug-likeness (QED) is 0.380. The maximum Gasteiger partial charge on any atom is 0.422 e. The van der Waals surface area contributed by atoms with Gasteiger partial charge in [-0.3, -0.25) is 4.79 Å². The zero-order valence-corrected chi connectivity index (χ0v) is 18.8. The summed E-state index contributed by atoms with van der Waals surface area (Å²) in [5, 5.41) is 9.78. The third-order valence-electron chi connectivity index (χ3n) is 5.80. The average Bonchev–Trinajstić information content (AvgIpc) is 2.72. The van der Waals surface area contributed by atoms with Gasteiger partial charge in [0.15, 0.2) is 6.61 Å². The van der Waals surface area contributed by atoms with Crippen LogP contribution in [0.4, 0.5) is 26.3 Å². The van der Waals surface area contributed by atoms with E-state index in [2.05, 4.69) is 0 Å². The maximum atomic E-state index is 12.9. The van der Waals surface area contributed by atoms with Crippen molar-refractivity contribution in [3.63, 3.8) is 0 Å². The van der Waals surface area contributed by atoms with Crippen LogP contribution < -0.4 is 4.74 Å². The predicted octanol–water partition coefficient (Wildman–Crippen LogP) is 7.75. The van der Waals surface area contributed by atoms with Crippen molar-refractivity contribution in [3.05, 3.63) is 52.5 Å². The first kappa shape index (κ1) is 26.8. The molecule has 3 nitrogen and oxygen atoms in total. The molecule has 1 N–H and O–H groups in total. The Hall–Kier alpha value is -2.42. The van der Waals surface area contributed by atoms with Gasteiger partial charge in [-0.2, -0.15) is 26.3 Å². The molecule has 33 heavy (non-hydrogen) atoms. The van der Waals surface area contributed by atoms with Gasteiger partial charge in [-0.1, -0.05) is 50.4 Å². The van der Waals surface area contributed by atoms with Crippen LogP contribution >= 0.6 is 11.6 Å². The van der Waals surface area contributed by atoms with E-state index in [4.69, 9.17) is 16.3 Å². The first-order valence-electron chi connectivity index (χ1n) is 10.1. The number of benzene rings is 2. The minimum atomic E-state index is -4.68. The van der Waals surface area contributed by atoms with E-state index in [9.17, 15) is 36.2 Å². The van der Waals surface area contributed by atoms with Crippen molar-refractivity contribution in [2.24, 2.45) is 5.92 Å². The molecule has 0 spiro atoms. The normalized spacial score (nSPS) is 14.3. The van der Waals surface area contributed by atoms with Gasteiger partial charge in [0.2, 0.25) is 0 Å². The molecule has 2 aromatic carbocycles. The van der Waals surface area contributed by atoms with E-state index >= 15 is 0 Å². The van der Waals surface area contributed by atoms with Crippen LogP contribution in [0.1, 0.15) is 44.7 Å². The van der Waals surface area contributed by atoms with Crippen LogP contribution in [-0.4, -0.2) is 23.9 Å². The van der Waals surface area contributed by atoms with Gasteiger partial charge in [0.05, 0.1) is 16.0 Å². The van der Waals surface area contributed by atoms with Gasteiger partial charge in [-0.25, -0.2) is 0 Å². The summed E-state index contributed by atoms with van der Waals surface area (Å²) in [6.45, 7) is 3.38. The number of carbonyl (C=O) groups is 1. The molecule has 1 unspecified atom stereocenters. The molecule has 0 aliphatic carbocycles. The van der Waals surface area contributed by atoms with Crippen molar-refractivity contribution in [2.45, 2.75) is 51.4 Å². The number of hydrogen-bond acceptors (Lipinski definition) is 2. The lowest BCUT2D eigenvalue weighted by Crippen LogP contribution is -2.40. The molecular weight excluding hydrogens is 474 g/mol. The van der Waals surface area contributed by atoms with E-state index in [1.165, 1.54) is 13.0 Å². The molecule has 2 aromatic rings. The molecule has 0 aromatic heterocycles. The second-order valence-electron chi connectivity index (χ2n) is 7.84. The largest absolute Gasteiger partial charge is 0.483 e. The Balaban J connectivity index is 2.75. The standard InChI is InChI=1S/C23H23ClF6O3/c1-4-14(5-2)21(3,20(31)32)16-10-17(13-6-8-15(9-7-13)23(28,29)30)19(24)18(11-16)33-12-22(25,26)27/h6-11,14H,4-5,12H2,1-3H3,(H,31,32). The van der Waals surface area contributed by atoms with E-state index < -0.39 is 41.7 Å². The highest BCUT2D eigenvalue weighted by Crippen LogP contribution is 2.44. The monoisotopic (exact) mass is 496 g/mol. The Morgan fingerprint density at radius 2 is 1.55 bits per heavy atom. The van der Waals surface area contributed by atoms with Crippen molar-refractivity contribution in [1.82, 2.24) is 0 Å². The van der Waals surface area contributed by atoms with Crippen molar-refractivity contribution in [2.75, 3.05) is 6.61 Å². The number of carboxylic acids is 1. The molecule has 0 radical (unpaired) electrons. The Bertz CT molecular complexity index is 981. The van der Waals surface area contributed by atoms with Crippen LogP contribution in [-0.2, 0) is 16.4 Å². The predicted molar refractivity (Wildman–Crippen MR) is 112 cm³/mol. The second-order valence-corrected chi connectivity index (χ2v) is 8.21. The fraction of sp³-hybridized carbons (Fsp3) is 0.435. The SMILES string of the molecule is CCC(CC)C(C)(C(=O)O)c1cc(OCC(F)(F)F)c(Cl)c(-c2ccc(C(F)(F)F)cc2)c1. The number of hydrogen-bond donors (Lipinski definition) is 1. The topological polar surface area (TPSA) is 46.5 Å². The van der Waals surface area contributed by atoms with E-state index in [1.54, 1.807) is 13.8 Å². The van der Waals surface area contributed by atoms with Gasteiger partial charge in [0.1, 0.15) is 5.75 Å². The third kappa shape index (κ3) is 5.93. The third-order valence-corrected chi connectivity index (χ3v) is 6.19. The van der Waals surface area contributed by atoms with Gasteiger partial charge in [0, 0.05) is 5.56 Å². The number of alkyl halides is 6. The van der Waals surface area contributed by atoms with Crippen LogP contribution in [0, 0.1) is 5.92 Å². The number of halogens is 7. The van der Waals surface area contributed by atoms with Crippen molar-refractivity contribution in [3.8, 4) is 16.9 Å². The van der Waals surface area contributed by atoms with Gasteiger partial charge in [-0.15, -0.1) is 0 Å². The van der Waals surface area contributed by atoms with Crippen LogP contribution in [0.25, 0.3) is 11.1 Å². The van der Waals surface area contributed by atoms with Gasteiger partial charge < -0.3 is 9.84 Å². The zero-order chi connectivity index (χ0) is 25.2. The minimum absolute atomic E-state index is 0.0681. The summed E-state index contributed by atoms with van der Waals surface area (Å²) in [5.41, 5.74) is -2.05. The summed E-state index contributed by atoms with van der Waals surface area (Å²) >= 11 is 6.29. The van der Waals surface area contributed by atoms with Crippen LogP contribution in [0.15, 0.2) is 36.4 Å². The van der Waals surface area contributed by atoms with Crippen LogP contribution in [0.5, 0.6) is 5.75 Å². The highest BCUT2D eigenvalue weighted by atomic mass is 35.5. The summed E-state index contributed by atoms with van der Waals surface area (Å²) in [5.74, 6) is -1.98. The van der Waals surface area contributed by atoms with E-state index in [1.807, 2.05) is 0 Å². The van der Waals surface area contributed by atoms with Crippen molar-refractivity contribution in [1.29, 1.82) is 0 Å².